The van der Waals surface area contributed by atoms with Crippen molar-refractivity contribution in [2.24, 2.45) is 0 Å². The van der Waals surface area contributed by atoms with Gasteiger partial charge in [0.05, 0.1) is 18.1 Å². The van der Waals surface area contributed by atoms with Crippen molar-refractivity contribution < 1.29 is 22.7 Å². The predicted octanol–water partition coefficient (Wildman–Crippen LogP) is 3.56. The van der Waals surface area contributed by atoms with Crippen molar-refractivity contribution in [1.82, 2.24) is 19.9 Å². The van der Waals surface area contributed by atoms with E-state index in [2.05, 4.69) is 30.6 Å². The molecule has 0 fully saturated rings. The number of anilines is 3. The number of carbonyl (C=O) groups is 1. The van der Waals surface area contributed by atoms with Gasteiger partial charge in [0.1, 0.15) is 18.2 Å². The van der Waals surface area contributed by atoms with Gasteiger partial charge in [0, 0.05) is 31.7 Å². The molecule has 2 N–H and O–H groups in total. The summed E-state index contributed by atoms with van der Waals surface area (Å²) in [5.41, 5.74) is 0.714. The molecule has 0 aliphatic heterocycles. The fourth-order valence-electron chi connectivity index (χ4n) is 2.33. The molecule has 0 saturated heterocycles. The van der Waals surface area contributed by atoms with Crippen LogP contribution in [0.15, 0.2) is 35.3 Å². The van der Waals surface area contributed by atoms with Crippen molar-refractivity contribution in [3.05, 3.63) is 48.2 Å². The number of oxazole rings is 1. The van der Waals surface area contributed by atoms with Crippen LogP contribution >= 0.6 is 0 Å². The van der Waals surface area contributed by atoms with Gasteiger partial charge in [-0.05, 0) is 6.92 Å². The highest BCUT2D eigenvalue weighted by Crippen LogP contribution is 2.31. The molecule has 1 amide bonds. The predicted molar refractivity (Wildman–Crippen MR) is 99.0 cm³/mol. The van der Waals surface area contributed by atoms with Crippen LogP contribution in [0.25, 0.3) is 0 Å². The van der Waals surface area contributed by atoms with Crippen LogP contribution in [0.4, 0.5) is 26.1 Å². The van der Waals surface area contributed by atoms with Gasteiger partial charge in [-0.15, -0.1) is 0 Å². The average Bonchev–Trinajstić information content (AvgIpc) is 3.13. The topological polar surface area (TPSA) is 115 Å². The molecule has 9 nitrogen and oxygen atoms in total. The normalized spacial score (nSPS) is 11.2. The molecule has 0 unspecified atom stereocenters. The van der Waals surface area contributed by atoms with Crippen LogP contribution in [0.2, 0.25) is 0 Å². The van der Waals surface area contributed by atoms with E-state index in [9.17, 15) is 13.6 Å². The van der Waals surface area contributed by atoms with Gasteiger partial charge in [-0.2, -0.15) is 8.78 Å². The van der Waals surface area contributed by atoms with E-state index in [-0.39, 0.29) is 29.9 Å². The lowest BCUT2D eigenvalue weighted by Crippen LogP contribution is -2.14. The first-order valence-electron chi connectivity index (χ1n) is 8.49. The van der Waals surface area contributed by atoms with E-state index < -0.39 is 11.7 Å². The van der Waals surface area contributed by atoms with Crippen LogP contribution in [0.1, 0.15) is 31.1 Å². The summed E-state index contributed by atoms with van der Waals surface area (Å²) in [6.07, 6.45) is 4.15. The Bertz CT molecular complexity index is 1010. The third kappa shape index (κ3) is 5.43. The monoisotopic (exact) mass is 404 g/mol. The minimum Gasteiger partial charge on any atom is -0.482 e. The Balaban J connectivity index is 1.92. The van der Waals surface area contributed by atoms with Gasteiger partial charge in [-0.25, -0.2) is 19.9 Å². The molecule has 0 bridgehead atoms. The van der Waals surface area contributed by atoms with Crippen LogP contribution in [0.5, 0.6) is 5.75 Å². The van der Waals surface area contributed by atoms with Gasteiger partial charge in [0.2, 0.25) is 11.7 Å². The number of ether oxygens (including phenoxy) is 1. The number of halogens is 2. The molecule has 29 heavy (non-hydrogen) atoms. The van der Waals surface area contributed by atoms with Gasteiger partial charge in [0.25, 0.3) is 0 Å². The van der Waals surface area contributed by atoms with Crippen LogP contribution in [-0.2, 0) is 17.3 Å². The van der Waals surface area contributed by atoms with Gasteiger partial charge in [-0.1, -0.05) is 0 Å². The standard InChI is InChI=1S/C18H18F2N6O3/c1-10-4-16(26-17(23-10)18(3,19)20)25-13-5-15(24-11(2)27)22-7-14(13)28-8-12-6-21-9-29-12/h4-7,9H,8H2,1-3H3,(H2,22,23,24,25,26,27). The second kappa shape index (κ2) is 8.17. The number of alkyl halides is 2. The average molecular weight is 404 g/mol. The lowest BCUT2D eigenvalue weighted by Gasteiger charge is -2.15. The summed E-state index contributed by atoms with van der Waals surface area (Å²) in [5.74, 6) is -2.97. The number of nitrogens with one attached hydrogen (secondary N) is 2. The molecule has 0 aliphatic carbocycles. The zero-order valence-corrected chi connectivity index (χ0v) is 15.9. The Morgan fingerprint density at radius 3 is 2.69 bits per heavy atom. The summed E-state index contributed by atoms with van der Waals surface area (Å²) in [5, 5.41) is 5.47. The van der Waals surface area contributed by atoms with Gasteiger partial charge >= 0.3 is 5.92 Å². The highest BCUT2D eigenvalue weighted by Gasteiger charge is 2.29. The fraction of sp³-hybridized carbons (Fsp3) is 0.278. The number of hydrogen-bond acceptors (Lipinski definition) is 8. The van der Waals surface area contributed by atoms with Gasteiger partial charge < -0.3 is 19.8 Å². The number of pyridine rings is 1. The Labute approximate surface area is 164 Å². The number of aryl methyl sites for hydroxylation is 1. The van der Waals surface area contributed by atoms with E-state index >= 15 is 0 Å². The molecule has 3 aromatic heterocycles. The molecule has 3 rings (SSSR count). The van der Waals surface area contributed by atoms with Crippen molar-refractivity contribution in [1.29, 1.82) is 0 Å². The van der Waals surface area contributed by atoms with Crippen LogP contribution in [0.3, 0.4) is 0 Å². The molecule has 11 heteroatoms. The third-order valence-electron chi connectivity index (χ3n) is 3.53. The first kappa shape index (κ1) is 20.1. The van der Waals surface area contributed by atoms with Crippen molar-refractivity contribution >= 4 is 23.2 Å². The summed E-state index contributed by atoms with van der Waals surface area (Å²) in [4.78, 5) is 26.9. The van der Waals surface area contributed by atoms with E-state index in [1.54, 1.807) is 6.92 Å². The molecular weight excluding hydrogens is 386 g/mol. The van der Waals surface area contributed by atoms with E-state index in [0.717, 1.165) is 6.92 Å². The van der Waals surface area contributed by atoms with E-state index in [1.165, 1.54) is 37.8 Å². The highest BCUT2D eigenvalue weighted by molar-refractivity contribution is 5.88. The molecule has 3 aromatic rings. The van der Waals surface area contributed by atoms with Crippen molar-refractivity contribution in [3.63, 3.8) is 0 Å². The molecule has 0 saturated carbocycles. The van der Waals surface area contributed by atoms with Gasteiger partial charge in [0.15, 0.2) is 17.9 Å². The quantitative estimate of drug-likeness (QED) is 0.614. The Kier molecular flexibility index (Phi) is 5.66. The Morgan fingerprint density at radius 2 is 2.03 bits per heavy atom. The molecule has 0 radical (unpaired) electrons. The number of amides is 1. The van der Waals surface area contributed by atoms with E-state index in [0.29, 0.717) is 17.1 Å². The molecule has 0 atom stereocenters. The second-order valence-corrected chi connectivity index (χ2v) is 6.23. The molecule has 3 heterocycles. The zero-order chi connectivity index (χ0) is 21.0. The smallest absolute Gasteiger partial charge is 0.303 e. The molecule has 0 spiro atoms. The minimum atomic E-state index is -3.20. The zero-order valence-electron chi connectivity index (χ0n) is 15.9. The summed E-state index contributed by atoms with van der Waals surface area (Å²) in [6.45, 7) is 3.71. The maximum absolute atomic E-state index is 13.7. The Morgan fingerprint density at radius 1 is 1.24 bits per heavy atom. The first-order chi connectivity index (χ1) is 13.7. The number of carbonyl (C=O) groups excluding carboxylic acids is 1. The number of aromatic nitrogens is 4. The Hall–Kier alpha value is -3.63. The first-order valence-corrected chi connectivity index (χ1v) is 8.49. The van der Waals surface area contributed by atoms with Crippen LogP contribution < -0.4 is 15.4 Å². The lowest BCUT2D eigenvalue weighted by molar-refractivity contribution is -0.114. The minimum absolute atomic E-state index is 0.0664. The number of nitrogens with zero attached hydrogens (tertiary/aromatic N) is 4. The van der Waals surface area contributed by atoms with E-state index in [4.69, 9.17) is 9.15 Å². The lowest BCUT2D eigenvalue weighted by atomic mass is 10.3. The third-order valence-corrected chi connectivity index (χ3v) is 3.53. The number of rotatable bonds is 7. The van der Waals surface area contributed by atoms with Crippen molar-refractivity contribution in [3.8, 4) is 5.75 Å². The summed E-state index contributed by atoms with van der Waals surface area (Å²) < 4.78 is 38.1. The molecule has 0 aromatic carbocycles. The van der Waals surface area contributed by atoms with Crippen LogP contribution in [0, 0.1) is 6.92 Å². The molecule has 152 valence electrons. The van der Waals surface area contributed by atoms with Crippen LogP contribution in [-0.4, -0.2) is 25.8 Å². The SMILES string of the molecule is CC(=O)Nc1cc(Nc2cc(C)nc(C(C)(F)F)n2)c(OCc2cnco2)cn1. The van der Waals surface area contributed by atoms with Gasteiger partial charge in [-0.3, -0.25) is 4.79 Å². The fourth-order valence-corrected chi connectivity index (χ4v) is 2.33. The second-order valence-electron chi connectivity index (χ2n) is 6.23. The largest absolute Gasteiger partial charge is 0.482 e. The number of hydrogen-bond donors (Lipinski definition) is 2. The van der Waals surface area contributed by atoms with Crippen molar-refractivity contribution in [2.45, 2.75) is 33.3 Å². The van der Waals surface area contributed by atoms with Crippen molar-refractivity contribution in [2.75, 3.05) is 10.6 Å². The van der Waals surface area contributed by atoms with E-state index in [1.807, 2.05) is 0 Å². The summed E-state index contributed by atoms with van der Waals surface area (Å²) >= 11 is 0. The maximum atomic E-state index is 13.7. The summed E-state index contributed by atoms with van der Waals surface area (Å²) in [7, 11) is 0. The highest BCUT2D eigenvalue weighted by atomic mass is 19.3. The molecule has 0 aliphatic rings. The summed E-state index contributed by atoms with van der Waals surface area (Å²) in [6, 6.07) is 3.01. The molecular formula is C18H18F2N6O3. The maximum Gasteiger partial charge on any atom is 0.303 e.